The molecule has 6 heteroatoms. The van der Waals surface area contributed by atoms with E-state index in [2.05, 4.69) is 0 Å². The minimum absolute atomic E-state index is 0.0217. The second-order valence-electron chi connectivity index (χ2n) is 6.43. The summed E-state index contributed by atoms with van der Waals surface area (Å²) in [6.45, 7) is 2.14. The van der Waals surface area contributed by atoms with Crippen molar-refractivity contribution in [1.82, 2.24) is 0 Å². The third-order valence-corrected chi connectivity index (χ3v) is 4.78. The van der Waals surface area contributed by atoms with Gasteiger partial charge >= 0.3 is 5.97 Å². The van der Waals surface area contributed by atoms with E-state index in [-0.39, 0.29) is 24.5 Å². The number of benzene rings is 2. The zero-order valence-electron chi connectivity index (χ0n) is 15.0. The molecular formula is C21H20ClNO4. The number of ether oxygens (including phenoxy) is 1. The van der Waals surface area contributed by atoms with Crippen LogP contribution in [-0.2, 0) is 20.7 Å². The number of ketones is 1. The number of amides is 1. The third-order valence-electron chi connectivity index (χ3n) is 4.53. The van der Waals surface area contributed by atoms with Gasteiger partial charge in [-0.05, 0) is 49.2 Å². The van der Waals surface area contributed by atoms with Crippen LogP contribution in [0.15, 0.2) is 48.5 Å². The standard InChI is InChI=1S/C21H20ClNO4/c1-14(21(26)23-13-12-15-4-2-3-5-18(15)23)27-20(25)11-10-19(24)16-6-8-17(22)9-7-16/h2-9,14H,10-13H2,1H3/t14-/m1/s1. The van der Waals surface area contributed by atoms with Crippen LogP contribution in [0.2, 0.25) is 5.02 Å². The van der Waals surface area contributed by atoms with Gasteiger partial charge in [0.15, 0.2) is 11.9 Å². The molecule has 0 aliphatic carbocycles. The molecule has 1 aliphatic rings. The molecule has 27 heavy (non-hydrogen) atoms. The highest BCUT2D eigenvalue weighted by atomic mass is 35.5. The third kappa shape index (κ3) is 4.55. The van der Waals surface area contributed by atoms with Crippen LogP contribution >= 0.6 is 11.6 Å². The van der Waals surface area contributed by atoms with Gasteiger partial charge in [0.05, 0.1) is 6.42 Å². The monoisotopic (exact) mass is 385 g/mol. The lowest BCUT2D eigenvalue weighted by Crippen LogP contribution is -2.39. The predicted molar refractivity (Wildman–Crippen MR) is 103 cm³/mol. The highest BCUT2D eigenvalue weighted by Crippen LogP contribution is 2.28. The Morgan fingerprint density at radius 3 is 2.52 bits per heavy atom. The summed E-state index contributed by atoms with van der Waals surface area (Å²) in [7, 11) is 0. The molecule has 0 aromatic heterocycles. The fourth-order valence-electron chi connectivity index (χ4n) is 3.09. The van der Waals surface area contributed by atoms with E-state index in [9.17, 15) is 14.4 Å². The van der Waals surface area contributed by atoms with E-state index in [1.807, 2.05) is 24.3 Å². The molecule has 0 spiro atoms. The van der Waals surface area contributed by atoms with Gasteiger partial charge in [0.1, 0.15) is 0 Å². The number of anilines is 1. The van der Waals surface area contributed by atoms with Gasteiger partial charge in [0.2, 0.25) is 0 Å². The predicted octanol–water partition coefficient (Wildman–Crippen LogP) is 3.82. The summed E-state index contributed by atoms with van der Waals surface area (Å²) in [5.41, 5.74) is 2.46. The molecule has 0 saturated carbocycles. The number of nitrogens with zero attached hydrogens (tertiary/aromatic N) is 1. The Kier molecular flexibility index (Phi) is 5.91. The zero-order chi connectivity index (χ0) is 19.4. The minimum Gasteiger partial charge on any atom is -0.453 e. The first-order valence-electron chi connectivity index (χ1n) is 8.83. The Morgan fingerprint density at radius 2 is 1.78 bits per heavy atom. The Balaban J connectivity index is 1.51. The molecule has 0 saturated heterocycles. The van der Waals surface area contributed by atoms with Crippen LogP contribution in [0.3, 0.4) is 0 Å². The van der Waals surface area contributed by atoms with Crippen LogP contribution < -0.4 is 4.90 Å². The first kappa shape index (κ1) is 19.1. The van der Waals surface area contributed by atoms with Gasteiger partial charge in [-0.15, -0.1) is 0 Å². The van der Waals surface area contributed by atoms with Crippen molar-refractivity contribution in [3.63, 3.8) is 0 Å². The Morgan fingerprint density at radius 1 is 1.07 bits per heavy atom. The summed E-state index contributed by atoms with van der Waals surface area (Å²) >= 11 is 5.79. The van der Waals surface area contributed by atoms with Crippen molar-refractivity contribution in [3.05, 3.63) is 64.7 Å². The van der Waals surface area contributed by atoms with Gasteiger partial charge in [0.25, 0.3) is 5.91 Å². The van der Waals surface area contributed by atoms with E-state index in [1.54, 1.807) is 36.1 Å². The molecule has 1 atom stereocenters. The molecule has 5 nitrogen and oxygen atoms in total. The maximum absolute atomic E-state index is 12.6. The van der Waals surface area contributed by atoms with Crippen molar-refractivity contribution >= 4 is 34.9 Å². The topological polar surface area (TPSA) is 63.7 Å². The van der Waals surface area contributed by atoms with Crippen LogP contribution in [0, 0.1) is 0 Å². The summed E-state index contributed by atoms with van der Waals surface area (Å²) in [4.78, 5) is 38.4. The fraction of sp³-hybridized carbons (Fsp3) is 0.286. The normalized spacial score (nSPS) is 13.8. The van der Waals surface area contributed by atoms with Crippen molar-refractivity contribution < 1.29 is 19.1 Å². The maximum atomic E-state index is 12.6. The lowest BCUT2D eigenvalue weighted by Gasteiger charge is -2.21. The number of carbonyl (C=O) groups excluding carboxylic acids is 3. The molecule has 2 aromatic rings. The molecule has 1 heterocycles. The van der Waals surface area contributed by atoms with Gasteiger partial charge < -0.3 is 9.64 Å². The lowest BCUT2D eigenvalue weighted by atomic mass is 10.1. The number of hydrogen-bond donors (Lipinski definition) is 0. The molecule has 0 radical (unpaired) electrons. The SMILES string of the molecule is C[C@@H](OC(=O)CCC(=O)c1ccc(Cl)cc1)C(=O)N1CCc2ccccc21. The molecule has 140 valence electrons. The number of fused-ring (bicyclic) bond motifs is 1. The highest BCUT2D eigenvalue weighted by molar-refractivity contribution is 6.30. The number of esters is 1. The average Bonchev–Trinajstić information content (AvgIpc) is 3.10. The fourth-order valence-corrected chi connectivity index (χ4v) is 3.21. The van der Waals surface area contributed by atoms with Gasteiger partial charge in [-0.1, -0.05) is 29.8 Å². The largest absolute Gasteiger partial charge is 0.453 e. The summed E-state index contributed by atoms with van der Waals surface area (Å²) in [5.74, 6) is -0.987. The molecule has 0 bridgehead atoms. The number of rotatable bonds is 6. The minimum atomic E-state index is -0.894. The molecule has 3 rings (SSSR count). The molecule has 0 N–H and O–H groups in total. The van der Waals surface area contributed by atoms with Crippen molar-refractivity contribution in [2.45, 2.75) is 32.3 Å². The summed E-state index contributed by atoms with van der Waals surface area (Å²) < 4.78 is 5.24. The average molecular weight is 386 g/mol. The van der Waals surface area contributed by atoms with E-state index in [0.717, 1.165) is 17.7 Å². The zero-order valence-corrected chi connectivity index (χ0v) is 15.7. The number of hydrogen-bond acceptors (Lipinski definition) is 4. The van der Waals surface area contributed by atoms with Gasteiger partial charge in [-0.2, -0.15) is 0 Å². The molecule has 2 aromatic carbocycles. The quantitative estimate of drug-likeness (QED) is 0.560. The molecule has 1 amide bonds. The molecule has 1 aliphatic heterocycles. The van der Waals surface area contributed by atoms with E-state index < -0.39 is 12.1 Å². The van der Waals surface area contributed by atoms with Gasteiger partial charge in [0, 0.05) is 29.2 Å². The smallest absolute Gasteiger partial charge is 0.307 e. The van der Waals surface area contributed by atoms with E-state index in [4.69, 9.17) is 16.3 Å². The number of carbonyl (C=O) groups is 3. The van der Waals surface area contributed by atoms with Crippen LogP contribution in [0.4, 0.5) is 5.69 Å². The second kappa shape index (κ2) is 8.35. The van der Waals surface area contributed by atoms with Crippen LogP contribution in [0.1, 0.15) is 35.7 Å². The first-order chi connectivity index (χ1) is 13.0. The highest BCUT2D eigenvalue weighted by Gasteiger charge is 2.29. The second-order valence-corrected chi connectivity index (χ2v) is 6.87. The van der Waals surface area contributed by atoms with Crippen molar-refractivity contribution in [1.29, 1.82) is 0 Å². The molecule has 0 fully saturated rings. The Bertz CT molecular complexity index is 863. The Hall–Kier alpha value is -2.66. The van der Waals surface area contributed by atoms with Crippen LogP contribution in [-0.4, -0.2) is 30.3 Å². The molecule has 0 unspecified atom stereocenters. The molecular weight excluding hydrogens is 366 g/mol. The number of para-hydroxylation sites is 1. The summed E-state index contributed by atoms with van der Waals surface area (Å²) in [5, 5.41) is 0.543. The van der Waals surface area contributed by atoms with Gasteiger partial charge in [-0.3, -0.25) is 14.4 Å². The number of Topliss-reactive ketones (excluding diaryl/α,β-unsaturated/α-hetero) is 1. The van der Waals surface area contributed by atoms with Crippen LogP contribution in [0.5, 0.6) is 0 Å². The number of halogens is 1. The maximum Gasteiger partial charge on any atom is 0.307 e. The van der Waals surface area contributed by atoms with Crippen LogP contribution in [0.25, 0.3) is 0 Å². The van der Waals surface area contributed by atoms with E-state index >= 15 is 0 Å². The lowest BCUT2D eigenvalue weighted by molar-refractivity contribution is -0.153. The van der Waals surface area contributed by atoms with Crippen molar-refractivity contribution in [2.75, 3.05) is 11.4 Å². The van der Waals surface area contributed by atoms with Crippen molar-refractivity contribution in [3.8, 4) is 0 Å². The summed E-state index contributed by atoms with van der Waals surface area (Å²) in [6, 6.07) is 14.2. The first-order valence-corrected chi connectivity index (χ1v) is 9.21. The van der Waals surface area contributed by atoms with E-state index in [1.165, 1.54) is 0 Å². The van der Waals surface area contributed by atoms with Gasteiger partial charge in [-0.25, -0.2) is 0 Å². The summed E-state index contributed by atoms with van der Waals surface area (Å²) in [6.07, 6.45) is -0.156. The van der Waals surface area contributed by atoms with Crippen molar-refractivity contribution in [2.24, 2.45) is 0 Å². The Labute approximate surface area is 162 Å². The van der Waals surface area contributed by atoms with E-state index in [0.29, 0.717) is 17.1 Å².